The zero-order valence-corrected chi connectivity index (χ0v) is 12.5. The molecule has 0 heterocycles. The van der Waals surface area contributed by atoms with E-state index in [-0.39, 0.29) is 5.60 Å². The van der Waals surface area contributed by atoms with Crippen LogP contribution in [0.15, 0.2) is 0 Å². The van der Waals surface area contributed by atoms with Gasteiger partial charge in [0.25, 0.3) is 0 Å². The van der Waals surface area contributed by atoms with Crippen LogP contribution in [0.2, 0.25) is 0 Å². The van der Waals surface area contributed by atoms with E-state index in [0.717, 1.165) is 24.7 Å². The summed E-state index contributed by atoms with van der Waals surface area (Å²) < 4.78 is 0. The smallest absolute Gasteiger partial charge is 0.0676 e. The SMILES string of the molecule is CCCC1CCC(O)(C2CCCC(CC)C2)CC1. The van der Waals surface area contributed by atoms with Crippen molar-refractivity contribution in [3.05, 3.63) is 0 Å². The lowest BCUT2D eigenvalue weighted by atomic mass is 9.65. The Morgan fingerprint density at radius 3 is 2.33 bits per heavy atom. The van der Waals surface area contributed by atoms with Crippen molar-refractivity contribution in [1.29, 1.82) is 0 Å². The van der Waals surface area contributed by atoms with Crippen LogP contribution < -0.4 is 0 Å². The van der Waals surface area contributed by atoms with Crippen LogP contribution in [0.1, 0.15) is 84.5 Å². The Morgan fingerprint density at radius 2 is 1.72 bits per heavy atom. The highest BCUT2D eigenvalue weighted by Gasteiger charge is 2.41. The van der Waals surface area contributed by atoms with Crippen LogP contribution in [0.5, 0.6) is 0 Å². The van der Waals surface area contributed by atoms with E-state index in [4.69, 9.17) is 0 Å². The van der Waals surface area contributed by atoms with Gasteiger partial charge in [0, 0.05) is 0 Å². The molecule has 0 aliphatic heterocycles. The van der Waals surface area contributed by atoms with E-state index in [9.17, 15) is 5.11 Å². The third kappa shape index (κ3) is 3.29. The molecular formula is C17H32O. The fourth-order valence-corrected chi connectivity index (χ4v) is 4.43. The molecule has 0 saturated heterocycles. The molecule has 18 heavy (non-hydrogen) atoms. The van der Waals surface area contributed by atoms with Crippen LogP contribution in [0.25, 0.3) is 0 Å². The van der Waals surface area contributed by atoms with E-state index in [1.165, 1.54) is 57.8 Å². The monoisotopic (exact) mass is 252 g/mol. The standard InChI is InChI=1S/C17H32O/c1-3-6-15-9-11-17(18,12-10-15)16-8-5-7-14(4-2)13-16/h14-16,18H,3-13H2,1-2H3. The molecule has 2 atom stereocenters. The molecule has 2 aliphatic rings. The molecule has 2 saturated carbocycles. The highest BCUT2D eigenvalue weighted by atomic mass is 16.3. The first-order valence-corrected chi connectivity index (χ1v) is 8.40. The van der Waals surface area contributed by atoms with E-state index in [1.807, 2.05) is 0 Å². The van der Waals surface area contributed by atoms with E-state index >= 15 is 0 Å². The fourth-order valence-electron chi connectivity index (χ4n) is 4.43. The Hall–Kier alpha value is -0.0400. The van der Waals surface area contributed by atoms with Crippen molar-refractivity contribution < 1.29 is 5.11 Å². The molecule has 2 unspecified atom stereocenters. The third-order valence-electron chi connectivity index (χ3n) is 5.79. The van der Waals surface area contributed by atoms with Crippen LogP contribution in [0, 0.1) is 17.8 Å². The molecule has 0 aromatic heterocycles. The zero-order valence-electron chi connectivity index (χ0n) is 12.5. The summed E-state index contributed by atoms with van der Waals surface area (Å²) in [6, 6.07) is 0. The van der Waals surface area contributed by atoms with Crippen molar-refractivity contribution >= 4 is 0 Å². The van der Waals surface area contributed by atoms with Gasteiger partial charge in [0.1, 0.15) is 0 Å². The highest BCUT2D eigenvalue weighted by molar-refractivity contribution is 4.93. The molecule has 0 amide bonds. The van der Waals surface area contributed by atoms with Gasteiger partial charge in [-0.05, 0) is 56.3 Å². The summed E-state index contributed by atoms with van der Waals surface area (Å²) in [6.07, 6.45) is 14.0. The number of rotatable bonds is 4. The minimum Gasteiger partial charge on any atom is -0.390 e. The van der Waals surface area contributed by atoms with Gasteiger partial charge in [0.15, 0.2) is 0 Å². The number of aliphatic hydroxyl groups is 1. The Balaban J connectivity index is 1.88. The van der Waals surface area contributed by atoms with Gasteiger partial charge in [-0.25, -0.2) is 0 Å². The van der Waals surface area contributed by atoms with Gasteiger partial charge in [0.05, 0.1) is 5.60 Å². The minimum atomic E-state index is -0.294. The normalized spacial score (nSPS) is 41.8. The lowest BCUT2D eigenvalue weighted by Gasteiger charge is -2.45. The van der Waals surface area contributed by atoms with Crippen molar-refractivity contribution in [2.75, 3.05) is 0 Å². The minimum absolute atomic E-state index is 0.294. The number of hydrogen-bond acceptors (Lipinski definition) is 1. The topological polar surface area (TPSA) is 20.2 Å². The second kappa shape index (κ2) is 6.41. The van der Waals surface area contributed by atoms with Crippen LogP contribution in [0.4, 0.5) is 0 Å². The third-order valence-corrected chi connectivity index (χ3v) is 5.79. The Morgan fingerprint density at radius 1 is 1.00 bits per heavy atom. The zero-order chi connectivity index (χ0) is 13.0. The summed E-state index contributed by atoms with van der Waals surface area (Å²) in [5, 5.41) is 11.0. The van der Waals surface area contributed by atoms with Gasteiger partial charge in [-0.3, -0.25) is 0 Å². The van der Waals surface area contributed by atoms with E-state index in [2.05, 4.69) is 13.8 Å². The average Bonchev–Trinajstić information content (AvgIpc) is 2.42. The van der Waals surface area contributed by atoms with Crippen molar-refractivity contribution in [1.82, 2.24) is 0 Å². The first kappa shape index (κ1) is 14.4. The van der Waals surface area contributed by atoms with Crippen molar-refractivity contribution in [2.24, 2.45) is 17.8 Å². The van der Waals surface area contributed by atoms with Gasteiger partial charge in [-0.1, -0.05) is 46.0 Å². The summed E-state index contributed by atoms with van der Waals surface area (Å²) in [6.45, 7) is 4.60. The maximum atomic E-state index is 11.0. The molecule has 1 N–H and O–H groups in total. The lowest BCUT2D eigenvalue weighted by molar-refractivity contribution is -0.0776. The van der Waals surface area contributed by atoms with Gasteiger partial charge >= 0.3 is 0 Å². The quantitative estimate of drug-likeness (QED) is 0.752. The van der Waals surface area contributed by atoms with Gasteiger partial charge in [-0.15, -0.1) is 0 Å². The molecule has 1 heteroatoms. The van der Waals surface area contributed by atoms with Crippen LogP contribution in [0.3, 0.4) is 0 Å². The van der Waals surface area contributed by atoms with Crippen LogP contribution >= 0.6 is 0 Å². The molecule has 0 aromatic carbocycles. The molecule has 2 fully saturated rings. The Kier molecular flexibility index (Phi) is 5.12. The predicted molar refractivity (Wildman–Crippen MR) is 77.6 cm³/mol. The van der Waals surface area contributed by atoms with Gasteiger partial charge < -0.3 is 5.11 Å². The molecular weight excluding hydrogens is 220 g/mol. The van der Waals surface area contributed by atoms with E-state index < -0.39 is 0 Å². The van der Waals surface area contributed by atoms with Gasteiger partial charge in [0.2, 0.25) is 0 Å². The predicted octanol–water partition coefficient (Wildman–Crippen LogP) is 4.92. The molecule has 0 radical (unpaired) electrons. The first-order chi connectivity index (χ1) is 8.68. The van der Waals surface area contributed by atoms with Gasteiger partial charge in [-0.2, -0.15) is 0 Å². The Labute approximate surface area is 113 Å². The van der Waals surface area contributed by atoms with E-state index in [1.54, 1.807) is 0 Å². The first-order valence-electron chi connectivity index (χ1n) is 8.40. The summed E-state index contributed by atoms with van der Waals surface area (Å²) >= 11 is 0. The molecule has 0 aromatic rings. The molecule has 2 aliphatic carbocycles. The second-order valence-corrected chi connectivity index (χ2v) is 6.97. The average molecular weight is 252 g/mol. The Bertz CT molecular complexity index is 240. The molecule has 106 valence electrons. The summed E-state index contributed by atoms with van der Waals surface area (Å²) in [5.74, 6) is 2.40. The van der Waals surface area contributed by atoms with E-state index in [0.29, 0.717) is 5.92 Å². The van der Waals surface area contributed by atoms with Crippen molar-refractivity contribution in [3.63, 3.8) is 0 Å². The summed E-state index contributed by atoms with van der Waals surface area (Å²) in [7, 11) is 0. The van der Waals surface area contributed by atoms with Crippen molar-refractivity contribution in [3.8, 4) is 0 Å². The van der Waals surface area contributed by atoms with Crippen molar-refractivity contribution in [2.45, 2.75) is 90.1 Å². The second-order valence-electron chi connectivity index (χ2n) is 6.97. The largest absolute Gasteiger partial charge is 0.390 e. The molecule has 2 rings (SSSR count). The highest BCUT2D eigenvalue weighted by Crippen LogP contribution is 2.45. The summed E-state index contributed by atoms with van der Waals surface area (Å²) in [5.41, 5.74) is -0.294. The number of hydrogen-bond donors (Lipinski definition) is 1. The van der Waals surface area contributed by atoms with Crippen LogP contribution in [-0.2, 0) is 0 Å². The maximum Gasteiger partial charge on any atom is 0.0676 e. The fraction of sp³-hybridized carbons (Fsp3) is 1.00. The molecule has 1 nitrogen and oxygen atoms in total. The lowest BCUT2D eigenvalue weighted by Crippen LogP contribution is -2.43. The van der Waals surface area contributed by atoms with Crippen LogP contribution in [-0.4, -0.2) is 10.7 Å². The molecule has 0 spiro atoms. The molecule has 0 bridgehead atoms. The summed E-state index contributed by atoms with van der Waals surface area (Å²) in [4.78, 5) is 0. The maximum absolute atomic E-state index is 11.0.